The number of amides is 3. The van der Waals surface area contributed by atoms with Crippen LogP contribution in [0.25, 0.3) is 6.08 Å². The third-order valence-corrected chi connectivity index (χ3v) is 4.08. The number of nitriles is 1. The highest BCUT2D eigenvalue weighted by molar-refractivity contribution is 9.10. The minimum atomic E-state index is -1.05. The van der Waals surface area contributed by atoms with Gasteiger partial charge in [-0.15, -0.1) is 0 Å². The monoisotopic (exact) mass is 443 g/mol. The molecule has 0 radical (unpaired) electrons. The summed E-state index contributed by atoms with van der Waals surface area (Å²) in [5.74, 6) is -1.38. The number of carbonyl (C=O) groups is 3. The summed E-state index contributed by atoms with van der Waals surface area (Å²) in [6.45, 7) is 0.220. The van der Waals surface area contributed by atoms with E-state index in [1.807, 2.05) is 5.32 Å². The molecule has 0 fully saturated rings. The molecule has 2 rings (SSSR count). The molecule has 0 atom stereocenters. The molecule has 4 N–H and O–H groups in total. The zero-order chi connectivity index (χ0) is 20.7. The van der Waals surface area contributed by atoms with Gasteiger partial charge >= 0.3 is 12.0 Å². The number of benzene rings is 2. The molecule has 0 aromatic heterocycles. The second kappa shape index (κ2) is 9.34. The SMILES string of the molecule is N#C/C(=C/c1ccc(OCc2ccc(C(=O)O)cc2)c(Br)c1)C(=O)NC(N)=O. The Hall–Kier alpha value is -3.64. The molecule has 0 saturated heterocycles. The van der Waals surface area contributed by atoms with Crippen LogP contribution < -0.4 is 15.8 Å². The predicted molar refractivity (Wildman–Crippen MR) is 103 cm³/mol. The number of nitrogens with two attached hydrogens (primary N) is 1. The molecule has 0 spiro atoms. The minimum Gasteiger partial charge on any atom is -0.488 e. The molecule has 0 heterocycles. The number of ether oxygens (including phenoxy) is 1. The number of hydrogen-bond acceptors (Lipinski definition) is 5. The molecule has 2 aromatic carbocycles. The number of imide groups is 1. The standard InChI is InChI=1S/C19H14BrN3O5/c20-15-8-12(7-14(9-21)17(24)23-19(22)27)3-6-16(15)28-10-11-1-4-13(5-2-11)18(25)26/h1-8H,10H2,(H,25,26)(H3,22,23,24,27)/b14-7-. The zero-order valence-corrected chi connectivity index (χ0v) is 15.9. The number of hydrogen-bond donors (Lipinski definition) is 3. The number of aromatic carboxylic acids is 1. The molecular weight excluding hydrogens is 430 g/mol. The highest BCUT2D eigenvalue weighted by Crippen LogP contribution is 2.27. The van der Waals surface area contributed by atoms with Gasteiger partial charge in [-0.05, 0) is 57.4 Å². The normalized spacial score (nSPS) is 10.6. The second-order valence-corrected chi connectivity index (χ2v) is 6.32. The van der Waals surface area contributed by atoms with Gasteiger partial charge in [0.1, 0.15) is 24.0 Å². The van der Waals surface area contributed by atoms with E-state index >= 15 is 0 Å². The van der Waals surface area contributed by atoms with Gasteiger partial charge in [0.05, 0.1) is 10.0 Å². The Morgan fingerprint density at radius 1 is 1.21 bits per heavy atom. The maximum absolute atomic E-state index is 11.7. The van der Waals surface area contributed by atoms with Crippen LogP contribution in [0.5, 0.6) is 5.75 Å². The fourth-order valence-electron chi connectivity index (χ4n) is 2.12. The second-order valence-electron chi connectivity index (χ2n) is 5.47. The Kier molecular flexibility index (Phi) is 6.90. The van der Waals surface area contributed by atoms with Crippen LogP contribution >= 0.6 is 15.9 Å². The molecule has 8 nitrogen and oxygen atoms in total. The minimum absolute atomic E-state index is 0.190. The first-order chi connectivity index (χ1) is 13.3. The number of carboxylic acid groups (broad SMARTS) is 1. The fourth-order valence-corrected chi connectivity index (χ4v) is 2.63. The Balaban J connectivity index is 2.10. The smallest absolute Gasteiger partial charge is 0.335 e. The first-order valence-corrected chi connectivity index (χ1v) is 8.56. The molecule has 0 aliphatic rings. The van der Waals surface area contributed by atoms with Crippen LogP contribution in [0.4, 0.5) is 4.79 Å². The van der Waals surface area contributed by atoms with Gasteiger partial charge in [0.15, 0.2) is 0 Å². The summed E-state index contributed by atoms with van der Waals surface area (Å²) in [4.78, 5) is 33.3. The number of halogens is 1. The maximum atomic E-state index is 11.7. The summed E-state index contributed by atoms with van der Waals surface area (Å²) in [5, 5.41) is 19.8. The molecular formula is C19H14BrN3O5. The highest BCUT2D eigenvalue weighted by atomic mass is 79.9. The third kappa shape index (κ3) is 5.69. The van der Waals surface area contributed by atoms with Crippen molar-refractivity contribution in [1.29, 1.82) is 5.26 Å². The van der Waals surface area contributed by atoms with Crippen molar-refractivity contribution in [2.24, 2.45) is 5.73 Å². The molecule has 9 heteroatoms. The van der Waals surface area contributed by atoms with E-state index in [9.17, 15) is 14.4 Å². The lowest BCUT2D eigenvalue weighted by Crippen LogP contribution is -2.35. The Morgan fingerprint density at radius 2 is 1.89 bits per heavy atom. The van der Waals surface area contributed by atoms with E-state index in [0.717, 1.165) is 5.56 Å². The third-order valence-electron chi connectivity index (χ3n) is 3.46. The number of nitrogens with one attached hydrogen (secondary N) is 1. The van der Waals surface area contributed by atoms with Crippen molar-refractivity contribution < 1.29 is 24.2 Å². The van der Waals surface area contributed by atoms with E-state index in [2.05, 4.69) is 15.9 Å². The van der Waals surface area contributed by atoms with E-state index < -0.39 is 17.9 Å². The van der Waals surface area contributed by atoms with Gasteiger partial charge in [0.2, 0.25) is 0 Å². The van der Waals surface area contributed by atoms with E-state index in [4.69, 9.17) is 20.8 Å². The summed E-state index contributed by atoms with van der Waals surface area (Å²) in [7, 11) is 0. The van der Waals surface area contributed by atoms with Crippen molar-refractivity contribution in [3.05, 3.63) is 69.2 Å². The molecule has 3 amide bonds. The van der Waals surface area contributed by atoms with Crippen molar-refractivity contribution in [2.75, 3.05) is 0 Å². The van der Waals surface area contributed by atoms with Crippen LogP contribution in [0, 0.1) is 11.3 Å². The first kappa shape index (κ1) is 20.7. The van der Waals surface area contributed by atoms with Crippen LogP contribution in [-0.2, 0) is 11.4 Å². The van der Waals surface area contributed by atoms with Crippen molar-refractivity contribution >= 4 is 39.9 Å². The summed E-state index contributed by atoms with van der Waals surface area (Å²) < 4.78 is 6.27. The fraction of sp³-hybridized carbons (Fsp3) is 0.0526. The van der Waals surface area contributed by atoms with Gasteiger partial charge in [0.25, 0.3) is 5.91 Å². The molecule has 28 heavy (non-hydrogen) atoms. The molecule has 2 aromatic rings. The lowest BCUT2D eigenvalue weighted by atomic mass is 10.1. The average molecular weight is 444 g/mol. The van der Waals surface area contributed by atoms with Crippen LogP contribution in [-0.4, -0.2) is 23.0 Å². The maximum Gasteiger partial charge on any atom is 0.335 e. The number of carboxylic acids is 1. The summed E-state index contributed by atoms with van der Waals surface area (Å²) in [5.41, 5.74) is 6.09. The summed E-state index contributed by atoms with van der Waals surface area (Å²) >= 11 is 3.35. The van der Waals surface area contributed by atoms with E-state index in [-0.39, 0.29) is 17.7 Å². The molecule has 0 aliphatic carbocycles. The largest absolute Gasteiger partial charge is 0.488 e. The van der Waals surface area contributed by atoms with Gasteiger partial charge in [0, 0.05) is 0 Å². The van der Waals surface area contributed by atoms with Crippen molar-refractivity contribution in [1.82, 2.24) is 5.32 Å². The molecule has 0 saturated carbocycles. The number of urea groups is 1. The lowest BCUT2D eigenvalue weighted by Gasteiger charge is -2.09. The molecule has 0 unspecified atom stereocenters. The van der Waals surface area contributed by atoms with Gasteiger partial charge < -0.3 is 15.6 Å². The Labute approximate surface area is 168 Å². The molecule has 142 valence electrons. The van der Waals surface area contributed by atoms with E-state index in [1.54, 1.807) is 36.4 Å². The number of nitrogens with zero attached hydrogens (tertiary/aromatic N) is 1. The molecule has 0 bridgehead atoms. The van der Waals surface area contributed by atoms with Crippen molar-refractivity contribution in [3.63, 3.8) is 0 Å². The molecule has 0 aliphatic heterocycles. The number of carbonyl (C=O) groups excluding carboxylic acids is 2. The van der Waals surface area contributed by atoms with Crippen molar-refractivity contribution in [3.8, 4) is 11.8 Å². The van der Waals surface area contributed by atoms with Crippen LogP contribution in [0.3, 0.4) is 0 Å². The zero-order valence-electron chi connectivity index (χ0n) is 14.3. The van der Waals surface area contributed by atoms with Gasteiger partial charge in [-0.25, -0.2) is 9.59 Å². The van der Waals surface area contributed by atoms with Gasteiger partial charge in [-0.2, -0.15) is 5.26 Å². The number of rotatable bonds is 6. The average Bonchev–Trinajstić information content (AvgIpc) is 2.65. The Morgan fingerprint density at radius 3 is 2.43 bits per heavy atom. The van der Waals surface area contributed by atoms with E-state index in [1.165, 1.54) is 18.2 Å². The predicted octanol–water partition coefficient (Wildman–Crippen LogP) is 2.83. The highest BCUT2D eigenvalue weighted by Gasteiger charge is 2.11. The van der Waals surface area contributed by atoms with Crippen LogP contribution in [0.1, 0.15) is 21.5 Å². The number of primary amides is 1. The Bertz CT molecular complexity index is 994. The lowest BCUT2D eigenvalue weighted by molar-refractivity contribution is -0.115. The van der Waals surface area contributed by atoms with Crippen LogP contribution in [0.2, 0.25) is 0 Å². The first-order valence-electron chi connectivity index (χ1n) is 7.77. The summed E-state index contributed by atoms with van der Waals surface area (Å²) in [6.07, 6.45) is 1.30. The van der Waals surface area contributed by atoms with E-state index in [0.29, 0.717) is 15.8 Å². The topological polar surface area (TPSA) is 143 Å². The van der Waals surface area contributed by atoms with Gasteiger partial charge in [-0.3, -0.25) is 10.1 Å². The van der Waals surface area contributed by atoms with Crippen LogP contribution in [0.15, 0.2) is 52.5 Å². The quantitative estimate of drug-likeness (QED) is 0.462. The van der Waals surface area contributed by atoms with Crippen molar-refractivity contribution in [2.45, 2.75) is 6.61 Å². The summed E-state index contributed by atoms with van der Waals surface area (Å²) in [6, 6.07) is 11.9. The van der Waals surface area contributed by atoms with Gasteiger partial charge in [-0.1, -0.05) is 18.2 Å².